The minimum Gasteiger partial charge on any atom is -0.492 e. The highest BCUT2D eigenvalue weighted by molar-refractivity contribution is 7.80. The van der Waals surface area contributed by atoms with Gasteiger partial charge in [-0.15, -0.1) is 0 Å². The van der Waals surface area contributed by atoms with Crippen molar-refractivity contribution in [1.82, 2.24) is 0 Å². The highest BCUT2D eigenvalue weighted by atomic mass is 32.1. The number of aliphatic hydroxyl groups excluding tert-OH is 1. The van der Waals surface area contributed by atoms with Crippen LogP contribution < -0.4 is 14.5 Å². The van der Waals surface area contributed by atoms with Crippen molar-refractivity contribution in [2.45, 2.75) is 32.5 Å². The third kappa shape index (κ3) is 2.91. The van der Waals surface area contributed by atoms with Crippen molar-refractivity contribution in [2.24, 2.45) is 0 Å². The van der Waals surface area contributed by atoms with Crippen LogP contribution in [0.1, 0.15) is 25.0 Å². The number of methoxy groups -OCH3 is 1. The van der Waals surface area contributed by atoms with E-state index in [1.165, 1.54) is 24.1 Å². The van der Waals surface area contributed by atoms with Crippen molar-refractivity contribution in [3.8, 4) is 11.8 Å². The molecule has 1 aliphatic heterocycles. The Hall–Kier alpha value is -2.69. The molecule has 2 aromatic carbocycles. The summed E-state index contributed by atoms with van der Waals surface area (Å²) in [5, 5.41) is 20.4. The number of halogens is 1. The first-order valence-electron chi connectivity index (χ1n) is 8.38. The third-order valence-electron chi connectivity index (χ3n) is 4.80. The zero-order valence-corrected chi connectivity index (χ0v) is 16.3. The van der Waals surface area contributed by atoms with E-state index in [0.29, 0.717) is 0 Å². The van der Waals surface area contributed by atoms with Gasteiger partial charge >= 0.3 is 0 Å². The molecule has 1 N–H and O–H groups in total. The number of aryl methyl sites for hydroxylation is 1. The van der Waals surface area contributed by atoms with Gasteiger partial charge in [-0.3, -0.25) is 4.90 Å². The number of nitrogens with zero attached hydrogens (tertiary/aromatic N) is 3. The Balaban J connectivity index is 2.12. The summed E-state index contributed by atoms with van der Waals surface area (Å²) >= 11 is 5.60. The maximum atomic E-state index is 15.0. The monoisotopic (exact) mass is 385 g/mol. The zero-order valence-electron chi connectivity index (χ0n) is 15.5. The lowest BCUT2D eigenvalue weighted by molar-refractivity contribution is 0.129. The van der Waals surface area contributed by atoms with Gasteiger partial charge < -0.3 is 14.7 Å². The summed E-state index contributed by atoms with van der Waals surface area (Å²) in [6.45, 7) is 5.65. The topological polar surface area (TPSA) is 59.7 Å². The molecule has 3 rings (SSSR count). The van der Waals surface area contributed by atoms with E-state index in [2.05, 4.69) is 0 Å². The first kappa shape index (κ1) is 19.1. The van der Waals surface area contributed by atoms with Crippen LogP contribution in [0.4, 0.5) is 15.8 Å². The van der Waals surface area contributed by atoms with E-state index < -0.39 is 17.6 Å². The van der Waals surface area contributed by atoms with Crippen LogP contribution in [0.25, 0.3) is 0 Å². The second-order valence-electron chi connectivity index (χ2n) is 6.94. The van der Waals surface area contributed by atoms with Gasteiger partial charge in [-0.2, -0.15) is 5.26 Å². The fraction of sp³-hybridized carbons (Fsp3) is 0.300. The van der Waals surface area contributed by atoms with Crippen LogP contribution in [0.3, 0.4) is 0 Å². The van der Waals surface area contributed by atoms with Crippen LogP contribution in [0.15, 0.2) is 36.4 Å². The predicted octanol–water partition coefficient (Wildman–Crippen LogP) is 3.72. The van der Waals surface area contributed by atoms with E-state index >= 15 is 4.39 Å². The number of hydrogen-bond acceptors (Lipinski definition) is 4. The quantitative estimate of drug-likeness (QED) is 0.813. The van der Waals surface area contributed by atoms with E-state index in [1.54, 1.807) is 4.90 Å². The molecule has 1 saturated heterocycles. The Morgan fingerprint density at radius 1 is 1.22 bits per heavy atom. The van der Waals surface area contributed by atoms with Gasteiger partial charge in [0.15, 0.2) is 22.9 Å². The van der Waals surface area contributed by atoms with Gasteiger partial charge in [0.05, 0.1) is 23.9 Å². The van der Waals surface area contributed by atoms with Crippen LogP contribution in [0, 0.1) is 24.1 Å². The molecule has 27 heavy (non-hydrogen) atoms. The number of anilines is 2. The summed E-state index contributed by atoms with van der Waals surface area (Å²) in [5.41, 5.74) is 1.24. The molecule has 0 bridgehead atoms. The molecule has 1 fully saturated rings. The van der Waals surface area contributed by atoms with Gasteiger partial charge in [0.25, 0.3) is 0 Å². The summed E-state index contributed by atoms with van der Waals surface area (Å²) < 4.78 is 20.1. The molecule has 1 aliphatic rings. The standard InChI is InChI=1S/C20H20FN3O2S/c1-12-5-8-14(9-6-12)24-19(27)23(18(25)20(24,2)3)15-10-7-13(11-22)17(26-4)16(15)21/h5-10,18,25H,1-4H3. The van der Waals surface area contributed by atoms with Crippen molar-refractivity contribution in [2.75, 3.05) is 16.9 Å². The SMILES string of the molecule is COc1c(C#N)ccc(N2C(=S)N(c3ccc(C)cc3)C(C)(C)C2O)c1F. The minimum absolute atomic E-state index is 0.0611. The predicted molar refractivity (Wildman–Crippen MR) is 106 cm³/mol. The summed E-state index contributed by atoms with van der Waals surface area (Å²) in [4.78, 5) is 3.16. The van der Waals surface area contributed by atoms with Gasteiger partial charge in [-0.1, -0.05) is 17.7 Å². The number of benzene rings is 2. The molecule has 0 aliphatic carbocycles. The second kappa shape index (κ2) is 6.80. The van der Waals surface area contributed by atoms with Gasteiger partial charge in [-0.25, -0.2) is 4.39 Å². The minimum atomic E-state index is -1.10. The lowest BCUT2D eigenvalue weighted by Gasteiger charge is -2.33. The highest BCUT2D eigenvalue weighted by Crippen LogP contribution is 2.41. The molecule has 0 amide bonds. The second-order valence-corrected chi connectivity index (χ2v) is 7.31. The molecule has 140 valence electrons. The van der Waals surface area contributed by atoms with Crippen LogP contribution in [-0.2, 0) is 0 Å². The number of ether oxygens (including phenoxy) is 1. The van der Waals surface area contributed by atoms with Gasteiger partial charge in [0, 0.05) is 5.69 Å². The molecule has 0 spiro atoms. The summed E-state index contributed by atoms with van der Waals surface area (Å²) in [7, 11) is 1.30. The fourth-order valence-electron chi connectivity index (χ4n) is 3.28. The molecule has 1 heterocycles. The molecule has 1 unspecified atom stereocenters. The van der Waals surface area contributed by atoms with Crippen LogP contribution in [0.5, 0.6) is 5.75 Å². The van der Waals surface area contributed by atoms with Gasteiger partial charge in [0.2, 0.25) is 0 Å². The number of nitriles is 1. The number of hydrogen-bond donors (Lipinski definition) is 1. The molecule has 5 nitrogen and oxygen atoms in total. The van der Waals surface area contributed by atoms with E-state index in [0.717, 1.165) is 11.3 Å². The van der Waals surface area contributed by atoms with Crippen molar-refractivity contribution in [3.63, 3.8) is 0 Å². The van der Waals surface area contributed by atoms with Gasteiger partial charge in [0.1, 0.15) is 6.07 Å². The largest absolute Gasteiger partial charge is 0.492 e. The molecule has 7 heteroatoms. The lowest BCUT2D eigenvalue weighted by Crippen LogP contribution is -2.47. The van der Waals surface area contributed by atoms with Crippen molar-refractivity contribution in [3.05, 3.63) is 53.3 Å². The Bertz CT molecular complexity index is 937. The number of thiocarbonyl (C=S) groups is 1. The van der Waals surface area contributed by atoms with E-state index in [9.17, 15) is 5.11 Å². The van der Waals surface area contributed by atoms with Crippen LogP contribution in [-0.4, -0.2) is 29.1 Å². The molecule has 0 radical (unpaired) electrons. The maximum absolute atomic E-state index is 15.0. The van der Waals surface area contributed by atoms with E-state index in [-0.39, 0.29) is 22.1 Å². The highest BCUT2D eigenvalue weighted by Gasteiger charge is 2.50. The zero-order chi connectivity index (χ0) is 19.9. The van der Waals surface area contributed by atoms with Crippen LogP contribution in [0.2, 0.25) is 0 Å². The Labute approximate surface area is 163 Å². The summed E-state index contributed by atoms with van der Waals surface area (Å²) in [6.07, 6.45) is -1.10. The van der Waals surface area contributed by atoms with E-state index in [4.69, 9.17) is 22.2 Å². The Kier molecular flexibility index (Phi) is 4.81. The third-order valence-corrected chi connectivity index (χ3v) is 5.18. The average Bonchev–Trinajstić information content (AvgIpc) is 2.81. The lowest BCUT2D eigenvalue weighted by atomic mass is 10.0. The van der Waals surface area contributed by atoms with E-state index in [1.807, 2.05) is 51.1 Å². The van der Waals surface area contributed by atoms with Crippen molar-refractivity contribution < 1.29 is 14.2 Å². The number of rotatable bonds is 3. The Morgan fingerprint density at radius 3 is 2.41 bits per heavy atom. The fourth-order valence-corrected chi connectivity index (χ4v) is 3.82. The van der Waals surface area contributed by atoms with Crippen molar-refractivity contribution >= 4 is 28.7 Å². The molecule has 0 saturated carbocycles. The Morgan fingerprint density at radius 2 is 1.85 bits per heavy atom. The van der Waals surface area contributed by atoms with Crippen LogP contribution >= 0.6 is 12.2 Å². The van der Waals surface area contributed by atoms with Crippen molar-refractivity contribution in [1.29, 1.82) is 5.26 Å². The molecular formula is C20H20FN3O2S. The first-order chi connectivity index (χ1) is 12.7. The maximum Gasteiger partial charge on any atom is 0.190 e. The normalized spacial score (nSPS) is 18.6. The molecule has 0 aromatic heterocycles. The smallest absolute Gasteiger partial charge is 0.190 e. The molecular weight excluding hydrogens is 365 g/mol. The number of aliphatic hydroxyl groups is 1. The molecule has 2 aromatic rings. The van der Waals surface area contributed by atoms with Gasteiger partial charge in [-0.05, 0) is 57.3 Å². The first-order valence-corrected chi connectivity index (χ1v) is 8.79. The average molecular weight is 385 g/mol. The summed E-state index contributed by atoms with van der Waals surface area (Å²) in [5.74, 6) is -0.906. The summed E-state index contributed by atoms with van der Waals surface area (Å²) in [6, 6.07) is 12.5. The molecule has 1 atom stereocenters.